The summed E-state index contributed by atoms with van der Waals surface area (Å²) in [6.07, 6.45) is 3.29. The summed E-state index contributed by atoms with van der Waals surface area (Å²) < 4.78 is 32.4. The molecule has 15 heteroatoms. The predicted octanol–water partition coefficient (Wildman–Crippen LogP) is 2.75. The van der Waals surface area contributed by atoms with Crippen molar-refractivity contribution in [2.45, 2.75) is 32.6 Å². The smallest absolute Gasteiger partial charge is 0.341 e. The number of ether oxygens (including phenoxy) is 1. The van der Waals surface area contributed by atoms with E-state index in [0.717, 1.165) is 41.0 Å². The summed E-state index contributed by atoms with van der Waals surface area (Å²) >= 11 is 2.24. The molecule has 2 aromatic heterocycles. The number of nitrogens with zero attached hydrogens (tertiary/aromatic N) is 3. The Hall–Kier alpha value is -3.43. The fourth-order valence-corrected chi connectivity index (χ4v) is 7.53. The lowest BCUT2D eigenvalue weighted by Gasteiger charge is -2.12. The highest BCUT2D eigenvalue weighted by Gasteiger charge is 2.28. The maximum absolute atomic E-state index is 12.6. The molecule has 38 heavy (non-hydrogen) atoms. The average molecular weight is 581 g/mol. The normalized spacial score (nSPS) is 13.8. The van der Waals surface area contributed by atoms with Gasteiger partial charge in [-0.2, -0.15) is 4.99 Å². The van der Waals surface area contributed by atoms with Gasteiger partial charge in [-0.25, -0.2) is 13.2 Å². The maximum Gasteiger partial charge on any atom is 0.341 e. The number of sulfone groups is 1. The number of fused-ring (bicyclic) bond motifs is 2. The second kappa shape index (κ2) is 11.1. The Bertz CT molecular complexity index is 1630. The number of thiophene rings is 1. The van der Waals surface area contributed by atoms with Crippen LogP contribution >= 0.6 is 22.7 Å². The lowest BCUT2D eigenvalue weighted by molar-refractivity contribution is -0.384. The quantitative estimate of drug-likeness (QED) is 0.241. The highest BCUT2D eigenvalue weighted by molar-refractivity contribution is 7.92. The van der Waals surface area contributed by atoms with Crippen LogP contribution in [0.2, 0.25) is 0 Å². The molecule has 2 amide bonds. The second-order valence-electron chi connectivity index (χ2n) is 8.57. The van der Waals surface area contributed by atoms with E-state index >= 15 is 0 Å². The van der Waals surface area contributed by atoms with Gasteiger partial charge >= 0.3 is 5.97 Å². The van der Waals surface area contributed by atoms with E-state index in [9.17, 15) is 32.9 Å². The molecule has 3 aromatic rings. The van der Waals surface area contributed by atoms with Gasteiger partial charge in [0.2, 0.25) is 5.91 Å². The fourth-order valence-electron chi connectivity index (χ4n) is 4.16. The molecule has 202 valence electrons. The van der Waals surface area contributed by atoms with Crippen molar-refractivity contribution in [1.29, 1.82) is 0 Å². The average Bonchev–Trinajstić information content (AvgIpc) is 3.34. The summed E-state index contributed by atoms with van der Waals surface area (Å²) in [5.41, 5.74) is 1.56. The van der Waals surface area contributed by atoms with Gasteiger partial charge in [0.25, 0.3) is 11.6 Å². The molecular weight excluding hydrogens is 556 g/mol. The minimum atomic E-state index is -4.19. The first kappa shape index (κ1) is 27.6. The van der Waals surface area contributed by atoms with Gasteiger partial charge < -0.3 is 14.6 Å². The standard InChI is InChI=1S/C23H24N4O8S3/c1-3-35-22(30)20-14-6-4-5-7-16(14)36-21(20)24-18(28)11-38(33,34)12-19(29)25-23-26(2)15-9-8-13(27(31)32)10-17(15)37-23/h8-10H,3-7,11-12H2,1-2H3,(H,24,28). The molecule has 1 aliphatic carbocycles. The number of amides is 2. The number of aromatic nitrogens is 1. The largest absolute Gasteiger partial charge is 0.462 e. The Kier molecular flexibility index (Phi) is 8.08. The van der Waals surface area contributed by atoms with Crippen molar-refractivity contribution in [1.82, 2.24) is 4.57 Å². The van der Waals surface area contributed by atoms with E-state index in [1.807, 2.05) is 0 Å². The molecule has 0 radical (unpaired) electrons. The van der Waals surface area contributed by atoms with Gasteiger partial charge in [-0.3, -0.25) is 19.7 Å². The number of thiazole rings is 1. The predicted molar refractivity (Wildman–Crippen MR) is 142 cm³/mol. The number of non-ortho nitro benzene ring substituents is 1. The maximum atomic E-state index is 12.6. The molecule has 0 atom stereocenters. The van der Waals surface area contributed by atoms with Gasteiger partial charge in [0.15, 0.2) is 14.6 Å². The Morgan fingerprint density at radius 3 is 2.63 bits per heavy atom. The summed E-state index contributed by atoms with van der Waals surface area (Å²) in [6, 6.07) is 4.18. The number of carbonyl (C=O) groups excluding carboxylic acids is 3. The van der Waals surface area contributed by atoms with Crippen LogP contribution < -0.4 is 10.1 Å². The van der Waals surface area contributed by atoms with Crippen LogP contribution in [0, 0.1) is 10.1 Å². The number of nitro benzene ring substituents is 1. The summed E-state index contributed by atoms with van der Waals surface area (Å²) in [6.45, 7) is 1.83. The van der Waals surface area contributed by atoms with Crippen molar-refractivity contribution in [3.8, 4) is 0 Å². The number of rotatable bonds is 8. The first-order valence-corrected chi connectivity index (χ1v) is 15.1. The zero-order chi connectivity index (χ0) is 27.6. The van der Waals surface area contributed by atoms with Crippen LogP contribution in [0.1, 0.15) is 40.6 Å². The van der Waals surface area contributed by atoms with Gasteiger partial charge in [0, 0.05) is 24.1 Å². The van der Waals surface area contributed by atoms with Crippen molar-refractivity contribution < 1.29 is 32.5 Å². The first-order chi connectivity index (χ1) is 18.0. The summed E-state index contributed by atoms with van der Waals surface area (Å²) in [7, 11) is -2.59. The van der Waals surface area contributed by atoms with Crippen LogP contribution in [0.5, 0.6) is 0 Å². The summed E-state index contributed by atoms with van der Waals surface area (Å²) in [5.74, 6) is -4.39. The van der Waals surface area contributed by atoms with E-state index in [2.05, 4.69) is 10.3 Å². The molecule has 1 N–H and O–H groups in total. The SMILES string of the molecule is CCOC(=O)c1c(NC(=O)CS(=O)(=O)CC(=O)N=c2sc3cc([N+](=O)[O-])ccc3n2C)sc2c1CCCC2. The van der Waals surface area contributed by atoms with Crippen LogP contribution in [-0.4, -0.2) is 53.8 Å². The van der Waals surface area contributed by atoms with Crippen LogP contribution in [0.15, 0.2) is 23.2 Å². The Balaban J connectivity index is 1.49. The topological polar surface area (TPSA) is 167 Å². The molecule has 0 fully saturated rings. The van der Waals surface area contributed by atoms with Crippen molar-refractivity contribution in [2.75, 3.05) is 23.4 Å². The van der Waals surface area contributed by atoms with E-state index in [1.54, 1.807) is 14.0 Å². The molecule has 0 aliphatic heterocycles. The third-order valence-corrected chi connectivity index (χ3v) is 9.51. The van der Waals surface area contributed by atoms with Crippen LogP contribution in [-0.2, 0) is 44.1 Å². The zero-order valence-electron chi connectivity index (χ0n) is 20.5. The highest BCUT2D eigenvalue weighted by Crippen LogP contribution is 2.38. The van der Waals surface area contributed by atoms with Gasteiger partial charge in [-0.05, 0) is 44.2 Å². The minimum Gasteiger partial charge on any atom is -0.462 e. The molecule has 0 bridgehead atoms. The molecule has 0 unspecified atom stereocenters. The van der Waals surface area contributed by atoms with E-state index in [0.29, 0.717) is 16.6 Å². The highest BCUT2D eigenvalue weighted by atomic mass is 32.2. The number of benzene rings is 1. The third-order valence-electron chi connectivity index (χ3n) is 5.82. The number of hydrogen-bond acceptors (Lipinski definition) is 10. The molecular formula is C23H24N4O8S3. The van der Waals surface area contributed by atoms with Crippen LogP contribution in [0.25, 0.3) is 10.2 Å². The lowest BCUT2D eigenvalue weighted by atomic mass is 9.95. The van der Waals surface area contributed by atoms with E-state index < -0.39 is 44.0 Å². The van der Waals surface area contributed by atoms with Gasteiger partial charge in [-0.15, -0.1) is 11.3 Å². The molecule has 1 aromatic carbocycles. The van der Waals surface area contributed by atoms with Crippen molar-refractivity contribution >= 4 is 71.2 Å². The number of aryl methyl sites for hydroxylation is 2. The number of carbonyl (C=O) groups is 3. The Morgan fingerprint density at radius 1 is 1.18 bits per heavy atom. The molecule has 1 aliphatic rings. The molecule has 0 saturated heterocycles. The van der Waals surface area contributed by atoms with Gasteiger partial charge in [-0.1, -0.05) is 11.3 Å². The first-order valence-electron chi connectivity index (χ1n) is 11.6. The number of hydrogen-bond donors (Lipinski definition) is 1. The number of nitrogens with one attached hydrogen (secondary N) is 1. The second-order valence-corrected chi connectivity index (χ2v) is 12.8. The number of esters is 1. The Morgan fingerprint density at radius 2 is 1.92 bits per heavy atom. The van der Waals surface area contributed by atoms with Crippen molar-refractivity contribution in [3.63, 3.8) is 0 Å². The fraction of sp³-hybridized carbons (Fsp3) is 0.391. The van der Waals surface area contributed by atoms with Gasteiger partial charge in [0.1, 0.15) is 16.5 Å². The van der Waals surface area contributed by atoms with E-state index in [1.165, 1.54) is 34.1 Å². The molecule has 0 saturated carbocycles. The van der Waals surface area contributed by atoms with Crippen LogP contribution in [0.3, 0.4) is 0 Å². The monoisotopic (exact) mass is 580 g/mol. The summed E-state index contributed by atoms with van der Waals surface area (Å²) in [5, 5.41) is 13.8. The molecule has 12 nitrogen and oxygen atoms in total. The number of anilines is 1. The van der Waals surface area contributed by atoms with Crippen molar-refractivity contribution in [3.05, 3.63) is 49.1 Å². The third kappa shape index (κ3) is 6.00. The van der Waals surface area contributed by atoms with E-state index in [4.69, 9.17) is 4.74 Å². The van der Waals surface area contributed by atoms with Crippen molar-refractivity contribution in [2.24, 2.45) is 12.0 Å². The Labute approximate surface area is 225 Å². The zero-order valence-corrected chi connectivity index (χ0v) is 23.0. The summed E-state index contributed by atoms with van der Waals surface area (Å²) in [4.78, 5) is 53.1. The van der Waals surface area contributed by atoms with Crippen LogP contribution in [0.4, 0.5) is 10.7 Å². The lowest BCUT2D eigenvalue weighted by Crippen LogP contribution is -2.28. The molecule has 2 heterocycles. The van der Waals surface area contributed by atoms with Gasteiger partial charge in [0.05, 0.1) is 27.3 Å². The molecule has 4 rings (SSSR count). The molecule has 0 spiro atoms. The van der Waals surface area contributed by atoms with E-state index in [-0.39, 0.29) is 27.7 Å². The number of nitro groups is 1. The minimum absolute atomic E-state index is 0.122.